The van der Waals surface area contributed by atoms with Crippen LogP contribution in [0, 0.1) is 12.8 Å². The number of benzene rings is 1. The van der Waals surface area contributed by atoms with Gasteiger partial charge in [-0.05, 0) is 37.0 Å². The molecule has 0 aliphatic carbocycles. The summed E-state index contributed by atoms with van der Waals surface area (Å²) in [5.41, 5.74) is 2.34. The lowest BCUT2D eigenvalue weighted by molar-refractivity contribution is 0.234. The van der Waals surface area contributed by atoms with Gasteiger partial charge in [0, 0.05) is 7.05 Å². The minimum absolute atomic E-state index is 0.677. The Bertz CT molecular complexity index is 349. The molecule has 0 saturated carbocycles. The number of unbranched alkanes of at least 4 members (excludes halogenated alkanes) is 1. The van der Waals surface area contributed by atoms with E-state index in [0.29, 0.717) is 5.92 Å². The predicted octanol–water partition coefficient (Wildman–Crippen LogP) is 4.63. The molecule has 0 fully saturated rings. The lowest BCUT2D eigenvalue weighted by atomic mass is 10.0. The van der Waals surface area contributed by atoms with Gasteiger partial charge in [-0.25, -0.2) is 0 Å². The van der Waals surface area contributed by atoms with Gasteiger partial charge >= 0.3 is 0 Å². The summed E-state index contributed by atoms with van der Waals surface area (Å²) in [6.07, 6.45) is 5.03. The Morgan fingerprint density at radius 2 is 2.06 bits per heavy atom. The molecule has 2 nitrogen and oxygen atoms in total. The third kappa shape index (κ3) is 4.59. The first kappa shape index (κ1) is 14.9. The maximum Gasteiger partial charge on any atom is 0.142 e. The van der Waals surface area contributed by atoms with Gasteiger partial charge in [0.1, 0.15) is 5.75 Å². The van der Waals surface area contributed by atoms with Crippen LogP contribution in [-0.4, -0.2) is 13.7 Å². The summed E-state index contributed by atoms with van der Waals surface area (Å²) in [6, 6.07) is 6.29. The molecule has 1 N–H and O–H groups in total. The van der Waals surface area contributed by atoms with E-state index in [9.17, 15) is 0 Å². The maximum absolute atomic E-state index is 5.97. The summed E-state index contributed by atoms with van der Waals surface area (Å²) in [4.78, 5) is 0. The quantitative estimate of drug-likeness (QED) is 0.725. The Morgan fingerprint density at radius 1 is 1.28 bits per heavy atom. The van der Waals surface area contributed by atoms with Crippen molar-refractivity contribution in [3.63, 3.8) is 0 Å². The fourth-order valence-corrected chi connectivity index (χ4v) is 2.07. The number of anilines is 1. The molecular formula is C16H27NO. The number of hydrogen-bond donors (Lipinski definition) is 1. The largest absolute Gasteiger partial charge is 0.491 e. The highest BCUT2D eigenvalue weighted by Crippen LogP contribution is 2.26. The van der Waals surface area contributed by atoms with Crippen molar-refractivity contribution in [1.82, 2.24) is 0 Å². The standard InChI is InChI=1S/C16H27NO/c1-5-7-8-14(6-2)12-18-16-10-9-13(3)11-15(16)17-4/h9-11,14,17H,5-8,12H2,1-4H3. The lowest BCUT2D eigenvalue weighted by Crippen LogP contribution is -2.12. The Kier molecular flexibility index (Phi) is 6.63. The predicted molar refractivity (Wildman–Crippen MR) is 79.5 cm³/mol. The molecule has 0 aliphatic heterocycles. The van der Waals surface area contributed by atoms with Crippen molar-refractivity contribution in [2.24, 2.45) is 5.92 Å². The van der Waals surface area contributed by atoms with Crippen molar-refractivity contribution >= 4 is 5.69 Å². The maximum atomic E-state index is 5.97. The number of hydrogen-bond acceptors (Lipinski definition) is 2. The van der Waals surface area contributed by atoms with E-state index in [1.807, 2.05) is 7.05 Å². The third-order valence-corrected chi connectivity index (χ3v) is 3.42. The third-order valence-electron chi connectivity index (χ3n) is 3.42. The van der Waals surface area contributed by atoms with Crippen molar-refractivity contribution in [3.8, 4) is 5.75 Å². The van der Waals surface area contributed by atoms with Crippen LogP contribution in [0.15, 0.2) is 18.2 Å². The molecule has 1 unspecified atom stereocenters. The Hall–Kier alpha value is -1.18. The molecule has 0 spiro atoms. The van der Waals surface area contributed by atoms with E-state index >= 15 is 0 Å². The molecule has 0 aromatic heterocycles. The molecule has 1 aromatic rings. The molecule has 102 valence electrons. The smallest absolute Gasteiger partial charge is 0.142 e. The van der Waals surface area contributed by atoms with Crippen LogP contribution in [0.5, 0.6) is 5.75 Å². The van der Waals surface area contributed by atoms with Crippen LogP contribution in [0.25, 0.3) is 0 Å². The van der Waals surface area contributed by atoms with E-state index in [2.05, 4.69) is 44.3 Å². The summed E-state index contributed by atoms with van der Waals surface area (Å²) in [5.74, 6) is 1.65. The van der Waals surface area contributed by atoms with Gasteiger partial charge < -0.3 is 10.1 Å². The molecular weight excluding hydrogens is 222 g/mol. The second kappa shape index (κ2) is 8.02. The zero-order chi connectivity index (χ0) is 13.4. The fourth-order valence-electron chi connectivity index (χ4n) is 2.07. The minimum atomic E-state index is 0.677. The molecule has 18 heavy (non-hydrogen) atoms. The zero-order valence-electron chi connectivity index (χ0n) is 12.3. The summed E-state index contributed by atoms with van der Waals surface area (Å²) < 4.78 is 5.97. The van der Waals surface area contributed by atoms with Crippen LogP contribution in [0.1, 0.15) is 45.1 Å². The van der Waals surface area contributed by atoms with Crippen LogP contribution < -0.4 is 10.1 Å². The molecule has 0 heterocycles. The summed E-state index contributed by atoms with van der Waals surface area (Å²) >= 11 is 0. The molecule has 1 atom stereocenters. The molecule has 0 aliphatic rings. The van der Waals surface area contributed by atoms with Gasteiger partial charge in [0.2, 0.25) is 0 Å². The van der Waals surface area contributed by atoms with Crippen molar-refractivity contribution < 1.29 is 4.74 Å². The van der Waals surface area contributed by atoms with Gasteiger partial charge in [-0.15, -0.1) is 0 Å². The fraction of sp³-hybridized carbons (Fsp3) is 0.625. The van der Waals surface area contributed by atoms with E-state index in [1.54, 1.807) is 0 Å². The normalized spacial score (nSPS) is 12.2. The number of rotatable bonds is 8. The Morgan fingerprint density at radius 3 is 2.67 bits per heavy atom. The average Bonchev–Trinajstić information content (AvgIpc) is 2.40. The van der Waals surface area contributed by atoms with Gasteiger partial charge in [-0.1, -0.05) is 39.2 Å². The van der Waals surface area contributed by atoms with Crippen LogP contribution in [0.2, 0.25) is 0 Å². The van der Waals surface area contributed by atoms with Crippen molar-refractivity contribution in [3.05, 3.63) is 23.8 Å². The molecule has 0 saturated heterocycles. The highest BCUT2D eigenvalue weighted by atomic mass is 16.5. The van der Waals surface area contributed by atoms with E-state index in [0.717, 1.165) is 18.0 Å². The first-order valence-electron chi connectivity index (χ1n) is 7.12. The Balaban J connectivity index is 2.56. The van der Waals surface area contributed by atoms with Crippen molar-refractivity contribution in [1.29, 1.82) is 0 Å². The summed E-state index contributed by atoms with van der Waals surface area (Å²) in [7, 11) is 1.94. The van der Waals surface area contributed by atoms with Crippen LogP contribution in [-0.2, 0) is 0 Å². The van der Waals surface area contributed by atoms with Gasteiger partial charge in [0.25, 0.3) is 0 Å². The molecule has 1 rings (SSSR count). The highest BCUT2D eigenvalue weighted by Gasteiger charge is 2.08. The van der Waals surface area contributed by atoms with E-state index < -0.39 is 0 Å². The van der Waals surface area contributed by atoms with E-state index in [-0.39, 0.29) is 0 Å². The first-order chi connectivity index (χ1) is 8.71. The average molecular weight is 249 g/mol. The van der Waals surface area contributed by atoms with Crippen molar-refractivity contribution in [2.45, 2.75) is 46.5 Å². The van der Waals surface area contributed by atoms with Gasteiger partial charge in [-0.3, -0.25) is 0 Å². The molecule has 0 radical (unpaired) electrons. The topological polar surface area (TPSA) is 21.3 Å². The summed E-state index contributed by atoms with van der Waals surface area (Å²) in [6.45, 7) is 7.42. The minimum Gasteiger partial charge on any atom is -0.491 e. The number of ether oxygens (including phenoxy) is 1. The van der Waals surface area contributed by atoms with Crippen LogP contribution >= 0.6 is 0 Å². The van der Waals surface area contributed by atoms with Crippen molar-refractivity contribution in [2.75, 3.05) is 19.0 Å². The second-order valence-electron chi connectivity index (χ2n) is 4.98. The van der Waals surface area contributed by atoms with Gasteiger partial charge in [0.05, 0.1) is 12.3 Å². The summed E-state index contributed by atoms with van der Waals surface area (Å²) in [5, 5.41) is 3.20. The first-order valence-corrected chi connectivity index (χ1v) is 7.12. The molecule has 1 aromatic carbocycles. The van der Waals surface area contributed by atoms with Crippen LogP contribution in [0.4, 0.5) is 5.69 Å². The number of aryl methyl sites for hydroxylation is 1. The van der Waals surface area contributed by atoms with Crippen LogP contribution in [0.3, 0.4) is 0 Å². The van der Waals surface area contributed by atoms with E-state index in [4.69, 9.17) is 4.74 Å². The molecule has 0 amide bonds. The zero-order valence-corrected chi connectivity index (χ0v) is 12.3. The second-order valence-corrected chi connectivity index (χ2v) is 4.98. The Labute approximate surface area is 112 Å². The van der Waals surface area contributed by atoms with Gasteiger partial charge in [-0.2, -0.15) is 0 Å². The SMILES string of the molecule is CCCCC(CC)COc1ccc(C)cc1NC. The van der Waals surface area contributed by atoms with E-state index in [1.165, 1.54) is 31.2 Å². The highest BCUT2D eigenvalue weighted by molar-refractivity contribution is 5.57. The number of nitrogens with one attached hydrogen (secondary N) is 1. The van der Waals surface area contributed by atoms with Gasteiger partial charge in [0.15, 0.2) is 0 Å². The molecule has 0 bridgehead atoms. The molecule has 2 heteroatoms. The lowest BCUT2D eigenvalue weighted by Gasteiger charge is -2.17. The monoisotopic (exact) mass is 249 g/mol.